The van der Waals surface area contributed by atoms with Crippen LogP contribution in [0, 0.1) is 5.92 Å². The second-order valence-electron chi connectivity index (χ2n) is 5.59. The van der Waals surface area contributed by atoms with Gasteiger partial charge in [0.2, 0.25) is 0 Å². The van der Waals surface area contributed by atoms with Crippen LogP contribution in [0.1, 0.15) is 41.0 Å². The molecule has 0 unspecified atom stereocenters. The third kappa shape index (κ3) is 2.06. The Kier molecular flexibility index (Phi) is 2.90. The van der Waals surface area contributed by atoms with Crippen molar-refractivity contribution in [2.75, 3.05) is 6.61 Å². The normalized spacial score (nSPS) is 22.9. The Morgan fingerprint density at radius 2 is 1.74 bits per heavy atom. The summed E-state index contributed by atoms with van der Waals surface area (Å²) >= 11 is 0. The van der Waals surface area contributed by atoms with Gasteiger partial charge in [0.05, 0.1) is 23.8 Å². The number of imide groups is 1. The summed E-state index contributed by atoms with van der Waals surface area (Å²) in [6.07, 6.45) is 0.806. The van der Waals surface area contributed by atoms with Gasteiger partial charge in [0, 0.05) is 0 Å². The molecule has 2 atom stereocenters. The molecule has 4 nitrogen and oxygen atoms in total. The molecule has 0 aliphatic carbocycles. The molecule has 0 radical (unpaired) electrons. The minimum Gasteiger partial charge on any atom is -0.371 e. The van der Waals surface area contributed by atoms with E-state index in [2.05, 4.69) is 13.8 Å². The van der Waals surface area contributed by atoms with Crippen LogP contribution in [0.5, 0.6) is 0 Å². The summed E-state index contributed by atoms with van der Waals surface area (Å²) in [4.78, 5) is 26.2. The van der Waals surface area contributed by atoms with Gasteiger partial charge in [-0.1, -0.05) is 26.0 Å². The topological polar surface area (TPSA) is 49.9 Å². The maximum Gasteiger partial charge on any atom is 0.261 e. The van der Waals surface area contributed by atoms with Crippen LogP contribution in [-0.2, 0) is 4.74 Å². The Morgan fingerprint density at radius 1 is 1.21 bits per heavy atom. The first kappa shape index (κ1) is 12.4. The van der Waals surface area contributed by atoms with Crippen molar-refractivity contribution >= 4 is 11.8 Å². The summed E-state index contributed by atoms with van der Waals surface area (Å²) in [6, 6.07) is 6.88. The van der Waals surface area contributed by atoms with E-state index in [-0.39, 0.29) is 24.0 Å². The highest BCUT2D eigenvalue weighted by Crippen LogP contribution is 2.32. The number of benzene rings is 1. The molecule has 1 saturated heterocycles. The Bertz CT molecular complexity index is 499. The summed E-state index contributed by atoms with van der Waals surface area (Å²) in [5.74, 6) is 0.0574. The molecule has 4 heteroatoms. The Morgan fingerprint density at radius 3 is 2.16 bits per heavy atom. The fourth-order valence-corrected chi connectivity index (χ4v) is 2.69. The van der Waals surface area contributed by atoms with Gasteiger partial charge in [0.15, 0.2) is 0 Å². The third-order valence-corrected chi connectivity index (χ3v) is 3.66. The summed E-state index contributed by atoms with van der Waals surface area (Å²) in [5.41, 5.74) is 1.03. The molecule has 2 aliphatic rings. The average molecular weight is 259 g/mol. The first-order chi connectivity index (χ1) is 9.09. The minimum atomic E-state index is -0.179. The van der Waals surface area contributed by atoms with Crippen LogP contribution >= 0.6 is 0 Å². The molecule has 1 fully saturated rings. The molecule has 100 valence electrons. The van der Waals surface area contributed by atoms with E-state index in [1.807, 2.05) is 0 Å². The van der Waals surface area contributed by atoms with Gasteiger partial charge in [0.25, 0.3) is 11.8 Å². The van der Waals surface area contributed by atoms with Gasteiger partial charge in [-0.2, -0.15) is 0 Å². The van der Waals surface area contributed by atoms with E-state index in [0.29, 0.717) is 23.7 Å². The molecule has 2 amide bonds. The van der Waals surface area contributed by atoms with Crippen LogP contribution in [0.25, 0.3) is 0 Å². The van der Waals surface area contributed by atoms with Crippen molar-refractivity contribution in [1.82, 2.24) is 4.90 Å². The van der Waals surface area contributed by atoms with Crippen molar-refractivity contribution in [2.45, 2.75) is 32.4 Å². The SMILES string of the molecule is CC(C)C[C@@H]([C@H]1CO1)N1C(=O)c2ccccc2C1=O. The van der Waals surface area contributed by atoms with Crippen molar-refractivity contribution in [3.63, 3.8) is 0 Å². The first-order valence-electron chi connectivity index (χ1n) is 6.68. The highest BCUT2D eigenvalue weighted by molar-refractivity contribution is 6.21. The number of amides is 2. The van der Waals surface area contributed by atoms with E-state index >= 15 is 0 Å². The van der Waals surface area contributed by atoms with Crippen LogP contribution in [-0.4, -0.2) is 35.5 Å². The second-order valence-corrected chi connectivity index (χ2v) is 5.59. The standard InChI is InChI=1S/C15H17NO3/c1-9(2)7-12(13-8-19-13)16-14(17)10-5-3-4-6-11(10)15(16)18/h3-6,9,12-13H,7-8H2,1-2H3/t12-,13+/m0/s1. The molecular weight excluding hydrogens is 242 g/mol. The van der Waals surface area contributed by atoms with E-state index in [1.54, 1.807) is 24.3 Å². The Labute approximate surface area is 112 Å². The summed E-state index contributed by atoms with van der Waals surface area (Å²) in [7, 11) is 0. The predicted octanol–water partition coefficient (Wildman–Crippen LogP) is 2.10. The van der Waals surface area contributed by atoms with E-state index in [1.165, 1.54) is 4.90 Å². The zero-order chi connectivity index (χ0) is 13.6. The Balaban J connectivity index is 1.93. The van der Waals surface area contributed by atoms with Crippen molar-refractivity contribution < 1.29 is 14.3 Å². The fourth-order valence-electron chi connectivity index (χ4n) is 2.69. The van der Waals surface area contributed by atoms with E-state index in [0.717, 1.165) is 6.42 Å². The highest BCUT2D eigenvalue weighted by atomic mass is 16.6. The lowest BCUT2D eigenvalue weighted by atomic mass is 10.00. The molecule has 0 aromatic heterocycles. The lowest BCUT2D eigenvalue weighted by Gasteiger charge is -2.26. The Hall–Kier alpha value is -1.68. The largest absolute Gasteiger partial charge is 0.371 e. The summed E-state index contributed by atoms with van der Waals surface area (Å²) in [5, 5.41) is 0. The maximum atomic E-state index is 12.4. The number of carbonyl (C=O) groups is 2. The average Bonchev–Trinajstić information content (AvgIpc) is 3.18. The van der Waals surface area contributed by atoms with Gasteiger partial charge in [-0.25, -0.2) is 0 Å². The molecular formula is C15H17NO3. The van der Waals surface area contributed by atoms with Crippen LogP contribution in [0.4, 0.5) is 0 Å². The number of carbonyl (C=O) groups excluding carboxylic acids is 2. The molecule has 1 aromatic rings. The quantitative estimate of drug-likeness (QED) is 0.614. The van der Waals surface area contributed by atoms with Gasteiger partial charge in [0.1, 0.15) is 6.10 Å². The van der Waals surface area contributed by atoms with Crippen LogP contribution in [0.3, 0.4) is 0 Å². The number of hydrogen-bond donors (Lipinski definition) is 0. The number of ether oxygens (including phenoxy) is 1. The number of fused-ring (bicyclic) bond motifs is 1. The molecule has 1 aromatic carbocycles. The van der Waals surface area contributed by atoms with Gasteiger partial charge in [-0.15, -0.1) is 0 Å². The molecule has 2 aliphatic heterocycles. The van der Waals surface area contributed by atoms with Crippen molar-refractivity contribution in [1.29, 1.82) is 0 Å². The van der Waals surface area contributed by atoms with Gasteiger partial charge >= 0.3 is 0 Å². The van der Waals surface area contributed by atoms with Crippen LogP contribution < -0.4 is 0 Å². The lowest BCUT2D eigenvalue weighted by molar-refractivity contribution is 0.0534. The number of hydrogen-bond acceptors (Lipinski definition) is 3. The highest BCUT2D eigenvalue weighted by Gasteiger charge is 2.46. The molecule has 3 rings (SSSR count). The fraction of sp³-hybridized carbons (Fsp3) is 0.467. The zero-order valence-corrected chi connectivity index (χ0v) is 11.1. The number of nitrogens with zero attached hydrogens (tertiary/aromatic N) is 1. The molecule has 0 bridgehead atoms. The molecule has 2 heterocycles. The first-order valence-corrected chi connectivity index (χ1v) is 6.68. The number of rotatable bonds is 4. The van der Waals surface area contributed by atoms with Crippen molar-refractivity contribution in [3.05, 3.63) is 35.4 Å². The minimum absolute atomic E-state index is 0.0182. The van der Waals surface area contributed by atoms with Gasteiger partial charge < -0.3 is 4.74 Å². The van der Waals surface area contributed by atoms with Crippen molar-refractivity contribution in [2.24, 2.45) is 5.92 Å². The molecule has 0 spiro atoms. The van der Waals surface area contributed by atoms with Crippen LogP contribution in [0.15, 0.2) is 24.3 Å². The summed E-state index contributed by atoms with van der Waals surface area (Å²) < 4.78 is 5.33. The molecule has 0 saturated carbocycles. The zero-order valence-electron chi connectivity index (χ0n) is 11.1. The summed E-state index contributed by atoms with van der Waals surface area (Å²) in [6.45, 7) is 4.83. The van der Waals surface area contributed by atoms with E-state index in [9.17, 15) is 9.59 Å². The van der Waals surface area contributed by atoms with Crippen molar-refractivity contribution in [3.8, 4) is 0 Å². The second kappa shape index (κ2) is 4.46. The monoisotopic (exact) mass is 259 g/mol. The molecule has 0 N–H and O–H groups in total. The smallest absolute Gasteiger partial charge is 0.261 e. The lowest BCUT2D eigenvalue weighted by Crippen LogP contribution is -2.44. The van der Waals surface area contributed by atoms with Gasteiger partial charge in [-0.05, 0) is 24.5 Å². The molecule has 19 heavy (non-hydrogen) atoms. The van der Waals surface area contributed by atoms with Gasteiger partial charge in [-0.3, -0.25) is 14.5 Å². The van der Waals surface area contributed by atoms with E-state index < -0.39 is 0 Å². The number of epoxide rings is 1. The maximum absolute atomic E-state index is 12.4. The third-order valence-electron chi connectivity index (χ3n) is 3.66. The van der Waals surface area contributed by atoms with E-state index in [4.69, 9.17) is 4.74 Å². The van der Waals surface area contributed by atoms with Crippen LogP contribution in [0.2, 0.25) is 0 Å². The predicted molar refractivity (Wildman–Crippen MR) is 69.9 cm³/mol.